The highest BCUT2D eigenvalue weighted by Crippen LogP contribution is 2.28. The van der Waals surface area contributed by atoms with Gasteiger partial charge in [-0.1, -0.05) is 29.3 Å². The van der Waals surface area contributed by atoms with Gasteiger partial charge in [0.2, 0.25) is 5.88 Å². The molecule has 0 aliphatic heterocycles. The predicted octanol–water partition coefficient (Wildman–Crippen LogP) is 2.55. The summed E-state index contributed by atoms with van der Waals surface area (Å²) in [5, 5.41) is 9.83. The standard InChI is InChI=1S/C11H8Cl2N2O2/c1-6-14-9(16)5-10(17)15(6)8-4-2-3-7(12)11(8)13/h2-5,16H,1H3. The Hall–Kier alpha value is -1.52. The van der Waals surface area contributed by atoms with E-state index in [9.17, 15) is 9.90 Å². The Bertz CT molecular complexity index is 638. The lowest BCUT2D eigenvalue weighted by Crippen LogP contribution is -2.21. The summed E-state index contributed by atoms with van der Waals surface area (Å²) >= 11 is 11.9. The van der Waals surface area contributed by atoms with Crippen molar-refractivity contribution in [1.82, 2.24) is 9.55 Å². The summed E-state index contributed by atoms with van der Waals surface area (Å²) in [5.41, 5.74) is 0.0216. The van der Waals surface area contributed by atoms with Gasteiger partial charge in [0.15, 0.2) is 0 Å². The largest absolute Gasteiger partial charge is 0.493 e. The van der Waals surface area contributed by atoms with Crippen LogP contribution in [0.5, 0.6) is 5.88 Å². The highest BCUT2D eigenvalue weighted by Gasteiger charge is 2.11. The van der Waals surface area contributed by atoms with Crippen molar-refractivity contribution in [3.8, 4) is 11.6 Å². The minimum atomic E-state index is -0.417. The smallest absolute Gasteiger partial charge is 0.261 e. The number of hydrogen-bond acceptors (Lipinski definition) is 3. The zero-order chi connectivity index (χ0) is 12.6. The predicted molar refractivity (Wildman–Crippen MR) is 66.3 cm³/mol. The van der Waals surface area contributed by atoms with E-state index < -0.39 is 5.56 Å². The maximum absolute atomic E-state index is 11.8. The van der Waals surface area contributed by atoms with Crippen LogP contribution < -0.4 is 5.56 Å². The van der Waals surface area contributed by atoms with Crippen LogP contribution in [0.25, 0.3) is 5.69 Å². The lowest BCUT2D eigenvalue weighted by atomic mass is 10.3. The molecule has 2 rings (SSSR count). The van der Waals surface area contributed by atoms with Crippen molar-refractivity contribution in [2.45, 2.75) is 6.92 Å². The first-order chi connectivity index (χ1) is 8.00. The maximum atomic E-state index is 11.8. The zero-order valence-electron chi connectivity index (χ0n) is 8.82. The molecule has 0 amide bonds. The van der Waals surface area contributed by atoms with Crippen LogP contribution in [0.1, 0.15) is 5.82 Å². The van der Waals surface area contributed by atoms with Crippen LogP contribution in [0.4, 0.5) is 0 Å². The Balaban J connectivity index is 2.78. The molecule has 6 heteroatoms. The number of halogens is 2. The minimum Gasteiger partial charge on any atom is -0.493 e. The van der Waals surface area contributed by atoms with Gasteiger partial charge in [0.25, 0.3) is 5.56 Å². The van der Waals surface area contributed by atoms with Crippen LogP contribution >= 0.6 is 23.2 Å². The van der Waals surface area contributed by atoms with Gasteiger partial charge in [-0.3, -0.25) is 9.36 Å². The maximum Gasteiger partial charge on any atom is 0.261 e. The van der Waals surface area contributed by atoms with Crippen molar-refractivity contribution in [2.75, 3.05) is 0 Å². The molecule has 1 aromatic carbocycles. The Morgan fingerprint density at radius 2 is 2.06 bits per heavy atom. The summed E-state index contributed by atoms with van der Waals surface area (Å²) in [4.78, 5) is 15.6. The van der Waals surface area contributed by atoms with Crippen LogP contribution in [-0.4, -0.2) is 14.7 Å². The summed E-state index contributed by atoms with van der Waals surface area (Å²) in [6, 6.07) is 5.98. The van der Waals surface area contributed by atoms with Gasteiger partial charge in [-0.25, -0.2) is 4.98 Å². The Morgan fingerprint density at radius 3 is 2.71 bits per heavy atom. The zero-order valence-corrected chi connectivity index (χ0v) is 10.3. The van der Waals surface area contributed by atoms with Crippen molar-refractivity contribution in [3.05, 3.63) is 50.5 Å². The van der Waals surface area contributed by atoms with E-state index in [4.69, 9.17) is 23.2 Å². The highest BCUT2D eigenvalue weighted by molar-refractivity contribution is 6.43. The van der Waals surface area contributed by atoms with E-state index in [1.807, 2.05) is 0 Å². The molecule has 0 aliphatic rings. The fraction of sp³-hybridized carbons (Fsp3) is 0.0909. The van der Waals surface area contributed by atoms with E-state index in [0.29, 0.717) is 16.5 Å². The molecule has 0 atom stereocenters. The van der Waals surface area contributed by atoms with Crippen LogP contribution in [0.3, 0.4) is 0 Å². The molecule has 0 fully saturated rings. The molecule has 1 aromatic heterocycles. The lowest BCUT2D eigenvalue weighted by molar-refractivity contribution is 0.447. The van der Waals surface area contributed by atoms with Gasteiger partial charge in [-0.15, -0.1) is 0 Å². The van der Waals surface area contributed by atoms with E-state index in [1.165, 1.54) is 4.57 Å². The second kappa shape index (κ2) is 4.39. The van der Waals surface area contributed by atoms with Crippen molar-refractivity contribution in [3.63, 3.8) is 0 Å². The molecule has 4 nitrogen and oxygen atoms in total. The van der Waals surface area contributed by atoms with Crippen molar-refractivity contribution >= 4 is 23.2 Å². The molecular formula is C11H8Cl2N2O2. The molecule has 0 saturated carbocycles. The number of aromatic nitrogens is 2. The molecule has 17 heavy (non-hydrogen) atoms. The fourth-order valence-electron chi connectivity index (χ4n) is 1.54. The number of hydrogen-bond donors (Lipinski definition) is 1. The van der Waals surface area contributed by atoms with E-state index in [0.717, 1.165) is 6.07 Å². The molecule has 0 saturated heterocycles. The quantitative estimate of drug-likeness (QED) is 0.867. The molecule has 0 bridgehead atoms. The van der Waals surface area contributed by atoms with Gasteiger partial charge in [0.05, 0.1) is 21.8 Å². The normalized spacial score (nSPS) is 10.5. The monoisotopic (exact) mass is 270 g/mol. The van der Waals surface area contributed by atoms with Crippen LogP contribution in [0, 0.1) is 6.92 Å². The molecule has 0 spiro atoms. The van der Waals surface area contributed by atoms with Gasteiger partial charge < -0.3 is 5.11 Å². The van der Waals surface area contributed by atoms with Gasteiger partial charge in [0, 0.05) is 0 Å². The summed E-state index contributed by atoms with van der Waals surface area (Å²) in [5.74, 6) is 0.0149. The first kappa shape index (κ1) is 12.0. The second-order valence-corrected chi connectivity index (χ2v) is 4.19. The average Bonchev–Trinajstić information content (AvgIpc) is 2.23. The Labute approximate surface area is 107 Å². The summed E-state index contributed by atoms with van der Waals surface area (Å²) in [7, 11) is 0. The molecule has 2 aromatic rings. The fourth-order valence-corrected chi connectivity index (χ4v) is 1.92. The van der Waals surface area contributed by atoms with Crippen molar-refractivity contribution in [2.24, 2.45) is 0 Å². The van der Waals surface area contributed by atoms with E-state index in [2.05, 4.69) is 4.98 Å². The van der Waals surface area contributed by atoms with Crippen LogP contribution in [-0.2, 0) is 0 Å². The van der Waals surface area contributed by atoms with Crippen LogP contribution in [0.2, 0.25) is 10.0 Å². The van der Waals surface area contributed by atoms with Gasteiger partial charge in [0.1, 0.15) is 5.82 Å². The Kier molecular flexibility index (Phi) is 3.09. The lowest BCUT2D eigenvalue weighted by Gasteiger charge is -2.11. The number of benzene rings is 1. The third-order valence-corrected chi connectivity index (χ3v) is 3.05. The topological polar surface area (TPSA) is 55.1 Å². The molecule has 1 N–H and O–H groups in total. The first-order valence-electron chi connectivity index (χ1n) is 4.75. The number of rotatable bonds is 1. The summed E-state index contributed by atoms with van der Waals surface area (Å²) < 4.78 is 1.29. The van der Waals surface area contributed by atoms with Gasteiger partial charge in [-0.05, 0) is 19.1 Å². The molecule has 0 unspecified atom stereocenters. The number of nitrogens with zero attached hydrogens (tertiary/aromatic N) is 2. The number of aryl methyl sites for hydroxylation is 1. The summed E-state index contributed by atoms with van der Waals surface area (Å²) in [6.45, 7) is 1.60. The average molecular weight is 271 g/mol. The first-order valence-corrected chi connectivity index (χ1v) is 5.50. The third kappa shape index (κ3) is 2.14. The second-order valence-electron chi connectivity index (χ2n) is 3.41. The van der Waals surface area contributed by atoms with Crippen molar-refractivity contribution < 1.29 is 5.11 Å². The van der Waals surface area contributed by atoms with Gasteiger partial charge >= 0.3 is 0 Å². The Morgan fingerprint density at radius 1 is 1.35 bits per heavy atom. The highest BCUT2D eigenvalue weighted by atomic mass is 35.5. The molecule has 88 valence electrons. The minimum absolute atomic E-state index is 0.270. The molecular weight excluding hydrogens is 263 g/mol. The van der Waals surface area contributed by atoms with E-state index >= 15 is 0 Å². The molecule has 1 heterocycles. The SMILES string of the molecule is Cc1nc(O)cc(=O)n1-c1cccc(Cl)c1Cl. The third-order valence-electron chi connectivity index (χ3n) is 2.25. The molecule has 0 radical (unpaired) electrons. The van der Waals surface area contributed by atoms with Crippen molar-refractivity contribution in [1.29, 1.82) is 0 Å². The van der Waals surface area contributed by atoms with E-state index in [1.54, 1.807) is 25.1 Å². The van der Waals surface area contributed by atoms with Crippen LogP contribution in [0.15, 0.2) is 29.1 Å². The van der Waals surface area contributed by atoms with Gasteiger partial charge in [-0.2, -0.15) is 0 Å². The summed E-state index contributed by atoms with van der Waals surface area (Å²) in [6.07, 6.45) is 0. The number of aromatic hydroxyl groups is 1. The van der Waals surface area contributed by atoms with E-state index in [-0.39, 0.29) is 10.9 Å². The molecule has 0 aliphatic carbocycles.